The number of morpholine rings is 1. The summed E-state index contributed by atoms with van der Waals surface area (Å²) in [7, 11) is 0. The SMILES string of the molecule is CC1(C)CNC(=O)C2(CCN(C(=O)c3cc(N4CCOCC4)no3)CC2)NC1. The fraction of sp³-hybridized carbons (Fsp3) is 0.737. The summed E-state index contributed by atoms with van der Waals surface area (Å²) in [6.07, 6.45) is 1.18. The Labute approximate surface area is 164 Å². The number of likely N-dealkylation sites (tertiary alicyclic amines) is 1. The summed E-state index contributed by atoms with van der Waals surface area (Å²) in [6.45, 7) is 9.48. The Bertz CT molecular complexity index is 732. The lowest BCUT2D eigenvalue weighted by molar-refractivity contribution is -0.128. The van der Waals surface area contributed by atoms with Crippen molar-refractivity contribution in [3.63, 3.8) is 0 Å². The molecule has 9 nitrogen and oxygen atoms in total. The number of amides is 2. The predicted molar refractivity (Wildman–Crippen MR) is 102 cm³/mol. The van der Waals surface area contributed by atoms with Gasteiger partial charge in [-0.25, -0.2) is 0 Å². The van der Waals surface area contributed by atoms with E-state index in [0.717, 1.165) is 19.6 Å². The number of rotatable bonds is 2. The maximum Gasteiger partial charge on any atom is 0.292 e. The number of ether oxygens (including phenoxy) is 1. The minimum atomic E-state index is -0.592. The summed E-state index contributed by atoms with van der Waals surface area (Å²) in [5, 5.41) is 10.6. The van der Waals surface area contributed by atoms with Crippen LogP contribution in [0.15, 0.2) is 10.6 Å². The molecule has 1 spiro atoms. The van der Waals surface area contributed by atoms with Crippen LogP contribution in [-0.2, 0) is 9.53 Å². The minimum Gasteiger partial charge on any atom is -0.378 e. The number of piperidine rings is 1. The van der Waals surface area contributed by atoms with Crippen molar-refractivity contribution < 1.29 is 18.8 Å². The number of carbonyl (C=O) groups is 2. The molecule has 4 heterocycles. The summed E-state index contributed by atoms with van der Waals surface area (Å²) in [5.74, 6) is 0.791. The highest BCUT2D eigenvalue weighted by molar-refractivity contribution is 5.93. The second-order valence-corrected chi connectivity index (χ2v) is 8.72. The highest BCUT2D eigenvalue weighted by Crippen LogP contribution is 2.28. The van der Waals surface area contributed by atoms with Gasteiger partial charge in [-0.2, -0.15) is 0 Å². The van der Waals surface area contributed by atoms with Crippen LogP contribution in [-0.4, -0.2) is 79.9 Å². The number of hydrogen-bond donors (Lipinski definition) is 2. The van der Waals surface area contributed by atoms with Gasteiger partial charge in [-0.3, -0.25) is 9.59 Å². The molecule has 1 aromatic rings. The highest BCUT2D eigenvalue weighted by atomic mass is 16.5. The maximum absolute atomic E-state index is 12.8. The molecule has 3 fully saturated rings. The molecule has 4 rings (SSSR count). The van der Waals surface area contributed by atoms with E-state index in [4.69, 9.17) is 9.26 Å². The third kappa shape index (κ3) is 3.73. The Kier molecular flexibility index (Phi) is 5.05. The van der Waals surface area contributed by atoms with E-state index < -0.39 is 5.54 Å². The van der Waals surface area contributed by atoms with Gasteiger partial charge in [-0.15, -0.1) is 0 Å². The normalized spacial score (nSPS) is 24.7. The topological polar surface area (TPSA) is 99.9 Å². The van der Waals surface area contributed by atoms with Crippen LogP contribution in [0.3, 0.4) is 0 Å². The summed E-state index contributed by atoms with van der Waals surface area (Å²) in [6, 6.07) is 1.71. The first-order valence-corrected chi connectivity index (χ1v) is 10.0. The third-order valence-corrected chi connectivity index (χ3v) is 6.02. The molecule has 0 atom stereocenters. The number of carbonyl (C=O) groups excluding carboxylic acids is 2. The third-order valence-electron chi connectivity index (χ3n) is 6.02. The lowest BCUT2D eigenvalue weighted by atomic mass is 9.86. The molecule has 3 saturated heterocycles. The van der Waals surface area contributed by atoms with Crippen LogP contribution in [0.1, 0.15) is 37.2 Å². The molecule has 0 unspecified atom stereocenters. The average Bonchev–Trinajstić information content (AvgIpc) is 3.18. The highest BCUT2D eigenvalue weighted by Gasteiger charge is 2.45. The first kappa shape index (κ1) is 19.2. The standard InChI is InChI=1S/C19H29N5O4/c1-18(2)12-20-17(26)19(21-13-18)3-5-24(6-4-19)16(25)14-11-15(22-28-14)23-7-9-27-10-8-23/h11,21H,3-10,12-13H2,1-2H3,(H,20,26). The Hall–Kier alpha value is -2.13. The average molecular weight is 391 g/mol. The molecule has 1 aromatic heterocycles. The van der Waals surface area contributed by atoms with E-state index in [9.17, 15) is 9.59 Å². The maximum atomic E-state index is 12.8. The number of aromatic nitrogens is 1. The van der Waals surface area contributed by atoms with Gasteiger partial charge in [-0.05, 0) is 18.3 Å². The van der Waals surface area contributed by atoms with Crippen molar-refractivity contribution in [3.8, 4) is 0 Å². The van der Waals surface area contributed by atoms with Gasteiger partial charge >= 0.3 is 0 Å². The quantitative estimate of drug-likeness (QED) is 0.744. The van der Waals surface area contributed by atoms with Gasteiger partial charge in [0.1, 0.15) is 5.54 Å². The summed E-state index contributed by atoms with van der Waals surface area (Å²) in [5.41, 5.74) is -0.577. The van der Waals surface area contributed by atoms with E-state index >= 15 is 0 Å². The molecule has 9 heteroatoms. The lowest BCUT2D eigenvalue weighted by Crippen LogP contribution is -2.61. The van der Waals surface area contributed by atoms with Crippen LogP contribution in [0.25, 0.3) is 0 Å². The van der Waals surface area contributed by atoms with Crippen LogP contribution >= 0.6 is 0 Å². The van der Waals surface area contributed by atoms with Crippen LogP contribution in [0.4, 0.5) is 5.82 Å². The number of nitrogens with one attached hydrogen (secondary N) is 2. The molecule has 0 aliphatic carbocycles. The minimum absolute atomic E-state index is 0.0157. The van der Waals surface area contributed by atoms with Crippen LogP contribution in [0, 0.1) is 5.41 Å². The lowest BCUT2D eigenvalue weighted by Gasteiger charge is -2.40. The van der Waals surface area contributed by atoms with Crippen molar-refractivity contribution >= 4 is 17.6 Å². The van der Waals surface area contributed by atoms with Gasteiger partial charge in [-0.1, -0.05) is 19.0 Å². The molecule has 0 aromatic carbocycles. The van der Waals surface area contributed by atoms with Crippen molar-refractivity contribution in [2.75, 3.05) is 57.4 Å². The van der Waals surface area contributed by atoms with Crippen LogP contribution in [0.5, 0.6) is 0 Å². The first-order valence-electron chi connectivity index (χ1n) is 10.0. The van der Waals surface area contributed by atoms with E-state index in [0.29, 0.717) is 51.5 Å². The van der Waals surface area contributed by atoms with Gasteiger partial charge in [0.05, 0.1) is 13.2 Å². The second-order valence-electron chi connectivity index (χ2n) is 8.72. The number of anilines is 1. The summed E-state index contributed by atoms with van der Waals surface area (Å²) in [4.78, 5) is 29.3. The van der Waals surface area contributed by atoms with Crippen LogP contribution in [0.2, 0.25) is 0 Å². The van der Waals surface area contributed by atoms with E-state index in [1.807, 2.05) is 0 Å². The zero-order valence-corrected chi connectivity index (χ0v) is 16.6. The van der Waals surface area contributed by atoms with E-state index in [1.165, 1.54) is 0 Å². The molecule has 3 aliphatic rings. The van der Waals surface area contributed by atoms with E-state index in [2.05, 4.69) is 34.5 Å². The zero-order valence-electron chi connectivity index (χ0n) is 16.6. The molecule has 0 radical (unpaired) electrons. The van der Waals surface area contributed by atoms with Gasteiger partial charge in [0.2, 0.25) is 11.7 Å². The predicted octanol–water partition coefficient (Wildman–Crippen LogP) is 0.232. The van der Waals surface area contributed by atoms with Gasteiger partial charge in [0.25, 0.3) is 5.91 Å². The molecule has 154 valence electrons. The first-order chi connectivity index (χ1) is 13.4. The van der Waals surface area contributed by atoms with Gasteiger partial charge in [0, 0.05) is 45.3 Å². The van der Waals surface area contributed by atoms with Crippen molar-refractivity contribution in [2.24, 2.45) is 5.41 Å². The van der Waals surface area contributed by atoms with Gasteiger partial charge in [0.15, 0.2) is 5.82 Å². The fourth-order valence-corrected chi connectivity index (χ4v) is 4.00. The largest absolute Gasteiger partial charge is 0.378 e. The Balaban J connectivity index is 1.39. The number of hydrogen-bond acceptors (Lipinski definition) is 7. The Morgan fingerprint density at radius 1 is 1.14 bits per heavy atom. The molecular weight excluding hydrogens is 362 g/mol. The smallest absolute Gasteiger partial charge is 0.292 e. The van der Waals surface area contributed by atoms with Crippen molar-refractivity contribution in [1.82, 2.24) is 20.7 Å². The molecule has 28 heavy (non-hydrogen) atoms. The zero-order chi connectivity index (χ0) is 19.8. The molecule has 3 aliphatic heterocycles. The Morgan fingerprint density at radius 3 is 2.57 bits per heavy atom. The molecule has 0 bridgehead atoms. The van der Waals surface area contributed by atoms with Crippen LogP contribution < -0.4 is 15.5 Å². The summed E-state index contributed by atoms with van der Waals surface area (Å²) < 4.78 is 10.7. The molecule has 2 N–H and O–H groups in total. The second kappa shape index (κ2) is 7.36. The van der Waals surface area contributed by atoms with Crippen molar-refractivity contribution in [2.45, 2.75) is 32.2 Å². The van der Waals surface area contributed by atoms with E-state index in [-0.39, 0.29) is 23.0 Å². The van der Waals surface area contributed by atoms with E-state index in [1.54, 1.807) is 11.0 Å². The fourth-order valence-electron chi connectivity index (χ4n) is 4.00. The van der Waals surface area contributed by atoms with Gasteiger partial charge < -0.3 is 29.7 Å². The summed E-state index contributed by atoms with van der Waals surface area (Å²) >= 11 is 0. The van der Waals surface area contributed by atoms with Crippen molar-refractivity contribution in [3.05, 3.63) is 11.8 Å². The molecular formula is C19H29N5O4. The molecule has 2 amide bonds. The molecule has 0 saturated carbocycles. The van der Waals surface area contributed by atoms with Crippen molar-refractivity contribution in [1.29, 1.82) is 0 Å². The monoisotopic (exact) mass is 391 g/mol. The number of nitrogens with zero attached hydrogens (tertiary/aromatic N) is 3. The Morgan fingerprint density at radius 2 is 1.86 bits per heavy atom.